The Morgan fingerprint density at radius 1 is 1.17 bits per heavy atom. The van der Waals surface area contributed by atoms with E-state index in [1.807, 2.05) is 12.1 Å². The quantitative estimate of drug-likeness (QED) is 0.759. The molecule has 6 nitrogen and oxygen atoms in total. The highest BCUT2D eigenvalue weighted by molar-refractivity contribution is 7.17. The summed E-state index contributed by atoms with van der Waals surface area (Å²) in [5, 5.41) is 12.5. The first-order valence-corrected chi connectivity index (χ1v) is 7.89. The summed E-state index contributed by atoms with van der Waals surface area (Å²) >= 11 is 1.28. The van der Waals surface area contributed by atoms with Crippen LogP contribution in [0.25, 0.3) is 10.6 Å². The van der Waals surface area contributed by atoms with Crippen LogP contribution in [-0.4, -0.2) is 27.0 Å². The summed E-state index contributed by atoms with van der Waals surface area (Å²) in [5.41, 5.74) is 2.06. The van der Waals surface area contributed by atoms with Crippen LogP contribution >= 0.6 is 11.3 Å². The molecule has 120 valence electrons. The third-order valence-electron chi connectivity index (χ3n) is 3.30. The highest BCUT2D eigenvalue weighted by Crippen LogP contribution is 2.28. The first kappa shape index (κ1) is 15.8. The summed E-state index contributed by atoms with van der Waals surface area (Å²) in [7, 11) is 0. The van der Waals surface area contributed by atoms with E-state index in [9.17, 15) is 9.59 Å². The molecule has 0 spiro atoms. The van der Waals surface area contributed by atoms with Crippen molar-refractivity contribution < 1.29 is 14.7 Å². The summed E-state index contributed by atoms with van der Waals surface area (Å²) < 4.78 is 0. The molecule has 0 aliphatic rings. The predicted molar refractivity (Wildman–Crippen MR) is 91.4 cm³/mol. The Balaban J connectivity index is 1.84. The maximum Gasteiger partial charge on any atom is 0.335 e. The van der Waals surface area contributed by atoms with Crippen molar-refractivity contribution in [3.8, 4) is 10.6 Å². The molecular formula is C17H13N3O3S. The lowest BCUT2D eigenvalue weighted by atomic mass is 10.2. The molecule has 0 fully saturated rings. The largest absolute Gasteiger partial charge is 0.478 e. The number of pyridine rings is 1. The SMILES string of the molecule is Cc1nc(-c2ccncc2)sc1C(=O)Nc1cccc(C(=O)O)c1. The molecule has 3 aromatic rings. The van der Waals surface area contributed by atoms with E-state index in [-0.39, 0.29) is 11.5 Å². The lowest BCUT2D eigenvalue weighted by molar-refractivity contribution is 0.0696. The second-order valence-electron chi connectivity index (χ2n) is 5.01. The average molecular weight is 339 g/mol. The number of nitrogens with one attached hydrogen (secondary N) is 1. The van der Waals surface area contributed by atoms with Crippen molar-refractivity contribution in [3.63, 3.8) is 0 Å². The number of hydrogen-bond acceptors (Lipinski definition) is 5. The van der Waals surface area contributed by atoms with E-state index in [1.54, 1.807) is 31.5 Å². The molecule has 0 aliphatic carbocycles. The third kappa shape index (κ3) is 3.31. The minimum absolute atomic E-state index is 0.117. The van der Waals surface area contributed by atoms with Gasteiger partial charge in [-0.25, -0.2) is 9.78 Å². The molecule has 2 heterocycles. The van der Waals surface area contributed by atoms with Gasteiger partial charge in [0, 0.05) is 23.6 Å². The van der Waals surface area contributed by atoms with Crippen LogP contribution in [0.15, 0.2) is 48.8 Å². The van der Waals surface area contributed by atoms with Gasteiger partial charge in [-0.15, -0.1) is 11.3 Å². The fourth-order valence-corrected chi connectivity index (χ4v) is 3.11. The Hall–Kier alpha value is -3.06. The van der Waals surface area contributed by atoms with E-state index in [2.05, 4.69) is 15.3 Å². The van der Waals surface area contributed by atoms with Crippen molar-refractivity contribution in [1.82, 2.24) is 9.97 Å². The number of rotatable bonds is 4. The predicted octanol–water partition coefficient (Wildman–Crippen LogP) is 3.46. The number of anilines is 1. The van der Waals surface area contributed by atoms with Gasteiger partial charge in [0.15, 0.2) is 0 Å². The first-order valence-electron chi connectivity index (χ1n) is 7.07. The van der Waals surface area contributed by atoms with Crippen LogP contribution in [-0.2, 0) is 0 Å². The van der Waals surface area contributed by atoms with E-state index < -0.39 is 5.97 Å². The monoisotopic (exact) mass is 339 g/mol. The molecule has 0 atom stereocenters. The number of carboxylic acids is 1. The van der Waals surface area contributed by atoms with Crippen LogP contribution in [0.5, 0.6) is 0 Å². The number of aromatic carboxylic acids is 1. The van der Waals surface area contributed by atoms with Crippen LogP contribution in [0, 0.1) is 6.92 Å². The molecule has 24 heavy (non-hydrogen) atoms. The zero-order valence-corrected chi connectivity index (χ0v) is 13.5. The topological polar surface area (TPSA) is 92.2 Å². The molecule has 0 radical (unpaired) electrons. The smallest absolute Gasteiger partial charge is 0.335 e. The molecule has 2 aromatic heterocycles. The molecule has 3 rings (SSSR count). The number of nitrogens with zero attached hydrogens (tertiary/aromatic N) is 2. The van der Waals surface area contributed by atoms with Crippen molar-refractivity contribution in [3.05, 3.63) is 64.9 Å². The van der Waals surface area contributed by atoms with Crippen molar-refractivity contribution >= 4 is 28.9 Å². The molecule has 0 bridgehead atoms. The summed E-state index contributed by atoms with van der Waals surface area (Å²) in [6, 6.07) is 9.77. The lowest BCUT2D eigenvalue weighted by Gasteiger charge is -2.04. The Bertz CT molecular complexity index is 906. The highest BCUT2D eigenvalue weighted by atomic mass is 32.1. The maximum atomic E-state index is 12.5. The number of carbonyl (C=O) groups is 2. The number of thiazole rings is 1. The van der Waals surface area contributed by atoms with E-state index in [1.165, 1.54) is 23.5 Å². The van der Waals surface area contributed by atoms with Crippen molar-refractivity contribution in [2.24, 2.45) is 0 Å². The van der Waals surface area contributed by atoms with Gasteiger partial charge in [0.25, 0.3) is 5.91 Å². The standard InChI is InChI=1S/C17H13N3O3S/c1-10-14(24-16(19-10)11-5-7-18-8-6-11)15(21)20-13-4-2-3-12(9-13)17(22)23/h2-9H,1H3,(H,20,21)(H,22,23). The van der Waals surface area contributed by atoms with Crippen LogP contribution in [0.3, 0.4) is 0 Å². The minimum Gasteiger partial charge on any atom is -0.478 e. The molecule has 0 unspecified atom stereocenters. The van der Waals surface area contributed by atoms with E-state index in [0.29, 0.717) is 16.3 Å². The van der Waals surface area contributed by atoms with Gasteiger partial charge < -0.3 is 10.4 Å². The van der Waals surface area contributed by atoms with Crippen molar-refractivity contribution in [1.29, 1.82) is 0 Å². The fourth-order valence-electron chi connectivity index (χ4n) is 2.14. The van der Waals surface area contributed by atoms with E-state index in [4.69, 9.17) is 5.11 Å². The molecule has 1 aromatic carbocycles. The average Bonchev–Trinajstić information content (AvgIpc) is 2.98. The number of carbonyl (C=O) groups excluding carboxylic acids is 1. The summed E-state index contributed by atoms with van der Waals surface area (Å²) in [5.74, 6) is -1.35. The number of benzene rings is 1. The van der Waals surface area contributed by atoms with Crippen LogP contribution in [0.4, 0.5) is 5.69 Å². The Labute approximate surface area is 141 Å². The summed E-state index contributed by atoms with van der Waals surface area (Å²) in [6.45, 7) is 1.77. The Morgan fingerprint density at radius 3 is 2.62 bits per heavy atom. The van der Waals surface area contributed by atoms with Gasteiger partial charge in [0.2, 0.25) is 0 Å². The van der Waals surface area contributed by atoms with E-state index in [0.717, 1.165) is 10.6 Å². The normalized spacial score (nSPS) is 10.4. The third-order valence-corrected chi connectivity index (χ3v) is 4.50. The van der Waals surface area contributed by atoms with Gasteiger partial charge in [0.05, 0.1) is 11.3 Å². The van der Waals surface area contributed by atoms with E-state index >= 15 is 0 Å². The molecule has 1 amide bonds. The molecule has 0 aliphatic heterocycles. The first-order chi connectivity index (χ1) is 11.5. The molecule has 2 N–H and O–H groups in total. The Kier molecular flexibility index (Phi) is 4.35. The highest BCUT2D eigenvalue weighted by Gasteiger charge is 2.17. The number of amides is 1. The van der Waals surface area contributed by atoms with Crippen molar-refractivity contribution in [2.75, 3.05) is 5.32 Å². The van der Waals surface area contributed by atoms with Gasteiger partial charge in [-0.2, -0.15) is 0 Å². The van der Waals surface area contributed by atoms with Crippen molar-refractivity contribution in [2.45, 2.75) is 6.92 Å². The molecular weight excluding hydrogens is 326 g/mol. The zero-order valence-electron chi connectivity index (χ0n) is 12.7. The minimum atomic E-state index is -1.04. The van der Waals surface area contributed by atoms with Crippen LogP contribution in [0.1, 0.15) is 25.7 Å². The zero-order chi connectivity index (χ0) is 17.1. The summed E-state index contributed by atoms with van der Waals surface area (Å²) in [4.78, 5) is 32.3. The Morgan fingerprint density at radius 2 is 1.92 bits per heavy atom. The second-order valence-corrected chi connectivity index (χ2v) is 6.01. The number of hydrogen-bond donors (Lipinski definition) is 2. The summed E-state index contributed by atoms with van der Waals surface area (Å²) in [6.07, 6.45) is 3.34. The number of carboxylic acid groups (broad SMARTS) is 1. The number of aromatic nitrogens is 2. The molecule has 0 saturated carbocycles. The number of aryl methyl sites for hydroxylation is 1. The van der Waals surface area contributed by atoms with Gasteiger partial charge in [-0.1, -0.05) is 6.07 Å². The fraction of sp³-hybridized carbons (Fsp3) is 0.0588. The second kappa shape index (κ2) is 6.59. The van der Waals surface area contributed by atoms with Crippen LogP contribution in [0.2, 0.25) is 0 Å². The lowest BCUT2D eigenvalue weighted by Crippen LogP contribution is -2.12. The maximum absolute atomic E-state index is 12.5. The molecule has 7 heteroatoms. The van der Waals surface area contributed by atoms with Gasteiger partial charge in [0.1, 0.15) is 9.88 Å². The van der Waals surface area contributed by atoms with Gasteiger partial charge >= 0.3 is 5.97 Å². The van der Waals surface area contributed by atoms with Gasteiger partial charge in [-0.05, 0) is 37.3 Å². The van der Waals surface area contributed by atoms with Gasteiger partial charge in [-0.3, -0.25) is 9.78 Å². The molecule has 0 saturated heterocycles. The van der Waals surface area contributed by atoms with Crippen LogP contribution < -0.4 is 5.32 Å².